The second-order valence-electron chi connectivity index (χ2n) is 2.61. The van der Waals surface area contributed by atoms with Crippen LogP contribution in [0, 0.1) is 0 Å². The Morgan fingerprint density at radius 2 is 1.76 bits per heavy atom. The Hall–Kier alpha value is -1.70. The molecule has 0 fully saturated rings. The van der Waals surface area contributed by atoms with Crippen molar-refractivity contribution in [1.82, 2.24) is 0 Å². The first-order chi connectivity index (χ1) is 7.97. The fourth-order valence-corrected chi connectivity index (χ4v) is 0.386. The van der Waals surface area contributed by atoms with Gasteiger partial charge in [0.2, 0.25) is 0 Å². The van der Waals surface area contributed by atoms with Crippen molar-refractivity contribution in [3.05, 3.63) is 24.8 Å². The number of aliphatic hydroxyl groups is 3. The van der Waals surface area contributed by atoms with Gasteiger partial charge < -0.3 is 25.2 Å². The molecule has 0 atom stereocenters. The fourth-order valence-electron chi connectivity index (χ4n) is 0.386. The van der Waals surface area contributed by atoms with Gasteiger partial charge in [-0.1, -0.05) is 12.7 Å². The Bertz CT molecular complexity index is 255. The summed E-state index contributed by atoms with van der Waals surface area (Å²) in [6.07, 6.45) is 1.99. The van der Waals surface area contributed by atoms with E-state index in [0.717, 1.165) is 6.08 Å². The van der Waals surface area contributed by atoms with Crippen LogP contribution in [0.15, 0.2) is 24.8 Å². The van der Waals surface area contributed by atoms with Crippen LogP contribution in [-0.4, -0.2) is 58.3 Å². The minimum Gasteiger partial charge on any atom is -0.478 e. The molecule has 0 heterocycles. The number of carboxylic acid groups (broad SMARTS) is 1. The van der Waals surface area contributed by atoms with Gasteiger partial charge in [0.05, 0.1) is 13.2 Å². The SMILES string of the molecule is C=CCOC(=O)/C=C\C(=O)O.OCC(O)CO. The molecule has 98 valence electrons. The van der Waals surface area contributed by atoms with Crippen molar-refractivity contribution in [3.8, 4) is 0 Å². The van der Waals surface area contributed by atoms with Gasteiger partial charge in [-0.2, -0.15) is 0 Å². The third-order valence-corrected chi connectivity index (χ3v) is 1.13. The molecule has 0 saturated heterocycles. The van der Waals surface area contributed by atoms with Crippen LogP contribution in [0.25, 0.3) is 0 Å². The number of ether oxygens (including phenoxy) is 1. The first-order valence-corrected chi connectivity index (χ1v) is 4.56. The summed E-state index contributed by atoms with van der Waals surface area (Å²) < 4.78 is 4.43. The molecule has 0 aromatic rings. The zero-order chi connectivity index (χ0) is 13.7. The average Bonchev–Trinajstić information content (AvgIpc) is 2.33. The molecule has 0 aromatic carbocycles. The van der Waals surface area contributed by atoms with Crippen LogP contribution in [0.2, 0.25) is 0 Å². The highest BCUT2D eigenvalue weighted by atomic mass is 16.5. The highest BCUT2D eigenvalue weighted by Crippen LogP contribution is 1.81. The van der Waals surface area contributed by atoms with E-state index in [1.165, 1.54) is 6.08 Å². The van der Waals surface area contributed by atoms with Crippen molar-refractivity contribution < 1.29 is 34.8 Å². The molecule has 0 saturated carbocycles. The van der Waals surface area contributed by atoms with Crippen molar-refractivity contribution >= 4 is 11.9 Å². The largest absolute Gasteiger partial charge is 0.478 e. The van der Waals surface area contributed by atoms with Crippen LogP contribution in [0.3, 0.4) is 0 Å². The predicted octanol–water partition coefficient (Wildman–Crippen LogP) is -1.31. The van der Waals surface area contributed by atoms with Gasteiger partial charge in [0.15, 0.2) is 0 Å². The summed E-state index contributed by atoms with van der Waals surface area (Å²) in [7, 11) is 0. The van der Waals surface area contributed by atoms with Crippen molar-refractivity contribution in [2.75, 3.05) is 19.8 Å². The maximum atomic E-state index is 10.5. The summed E-state index contributed by atoms with van der Waals surface area (Å²) in [4.78, 5) is 20.3. The Balaban J connectivity index is 0. The highest BCUT2D eigenvalue weighted by molar-refractivity contribution is 5.90. The lowest BCUT2D eigenvalue weighted by Crippen LogP contribution is -2.15. The number of carboxylic acids is 1. The maximum absolute atomic E-state index is 10.5. The predicted molar refractivity (Wildman–Crippen MR) is 58.1 cm³/mol. The standard InChI is InChI=1S/C7H8O4.C3H8O3/c1-2-5-11-7(10)4-3-6(8)9;4-1-3(6)2-5/h2-4H,1,5H2,(H,8,9);3-6H,1-2H2/b4-3-;. The zero-order valence-corrected chi connectivity index (χ0v) is 9.15. The molecule has 0 spiro atoms. The topological polar surface area (TPSA) is 124 Å². The third-order valence-electron chi connectivity index (χ3n) is 1.13. The summed E-state index contributed by atoms with van der Waals surface area (Å²) in [6.45, 7) is 2.67. The molecule has 4 N–H and O–H groups in total. The first kappa shape index (κ1) is 17.7. The lowest BCUT2D eigenvalue weighted by molar-refractivity contribution is -0.137. The molecular weight excluding hydrogens is 232 g/mol. The third kappa shape index (κ3) is 16.9. The Labute approximate surface area is 98.3 Å². The quantitative estimate of drug-likeness (QED) is 0.261. The highest BCUT2D eigenvalue weighted by Gasteiger charge is 1.95. The fraction of sp³-hybridized carbons (Fsp3) is 0.400. The van der Waals surface area contributed by atoms with E-state index in [2.05, 4.69) is 11.3 Å². The van der Waals surface area contributed by atoms with E-state index in [0.29, 0.717) is 6.08 Å². The van der Waals surface area contributed by atoms with Gasteiger partial charge in [0, 0.05) is 12.2 Å². The molecule has 0 aromatic heterocycles. The van der Waals surface area contributed by atoms with Gasteiger partial charge in [0.1, 0.15) is 12.7 Å². The van der Waals surface area contributed by atoms with Gasteiger partial charge in [-0.3, -0.25) is 0 Å². The van der Waals surface area contributed by atoms with Crippen molar-refractivity contribution in [2.45, 2.75) is 6.10 Å². The van der Waals surface area contributed by atoms with Gasteiger partial charge in [-0.05, 0) is 0 Å². The number of esters is 1. The summed E-state index contributed by atoms with van der Waals surface area (Å²) >= 11 is 0. The van der Waals surface area contributed by atoms with E-state index in [1.807, 2.05) is 0 Å². The molecule has 17 heavy (non-hydrogen) atoms. The monoisotopic (exact) mass is 248 g/mol. The minimum absolute atomic E-state index is 0.0861. The minimum atomic E-state index is -1.18. The number of carbonyl (C=O) groups is 2. The molecule has 0 amide bonds. The average molecular weight is 248 g/mol. The maximum Gasteiger partial charge on any atom is 0.331 e. The van der Waals surface area contributed by atoms with Crippen molar-refractivity contribution in [2.24, 2.45) is 0 Å². The van der Waals surface area contributed by atoms with Crippen molar-refractivity contribution in [3.63, 3.8) is 0 Å². The van der Waals surface area contributed by atoms with Crippen LogP contribution >= 0.6 is 0 Å². The molecule has 0 aliphatic carbocycles. The second kappa shape index (κ2) is 12.4. The number of hydrogen-bond donors (Lipinski definition) is 4. The number of aliphatic carboxylic acids is 1. The zero-order valence-electron chi connectivity index (χ0n) is 9.15. The normalized spacial score (nSPS) is 9.65. The second-order valence-corrected chi connectivity index (χ2v) is 2.61. The van der Waals surface area contributed by atoms with Crippen LogP contribution in [0.1, 0.15) is 0 Å². The van der Waals surface area contributed by atoms with Gasteiger partial charge >= 0.3 is 11.9 Å². The van der Waals surface area contributed by atoms with E-state index < -0.39 is 18.0 Å². The van der Waals surface area contributed by atoms with Gasteiger partial charge in [-0.25, -0.2) is 9.59 Å². The number of aliphatic hydroxyl groups excluding tert-OH is 3. The van der Waals surface area contributed by atoms with Crippen LogP contribution < -0.4 is 0 Å². The van der Waals surface area contributed by atoms with Gasteiger partial charge in [0.25, 0.3) is 0 Å². The molecule has 7 nitrogen and oxygen atoms in total. The van der Waals surface area contributed by atoms with E-state index in [-0.39, 0.29) is 19.8 Å². The first-order valence-electron chi connectivity index (χ1n) is 4.56. The molecule has 0 unspecified atom stereocenters. The van der Waals surface area contributed by atoms with Crippen LogP contribution in [0.4, 0.5) is 0 Å². The van der Waals surface area contributed by atoms with E-state index in [1.54, 1.807) is 0 Å². The summed E-state index contributed by atoms with van der Waals surface area (Å²) in [5.74, 6) is -1.87. The lowest BCUT2D eigenvalue weighted by Gasteiger charge is -1.96. The molecule has 0 aliphatic heterocycles. The smallest absolute Gasteiger partial charge is 0.331 e. The molecule has 0 bridgehead atoms. The molecule has 0 aliphatic rings. The molecule has 0 rings (SSSR count). The van der Waals surface area contributed by atoms with Crippen molar-refractivity contribution in [1.29, 1.82) is 0 Å². The lowest BCUT2D eigenvalue weighted by atomic mass is 10.4. The number of rotatable bonds is 6. The van der Waals surface area contributed by atoms with Crippen LogP contribution in [-0.2, 0) is 14.3 Å². The van der Waals surface area contributed by atoms with E-state index in [4.69, 9.17) is 20.4 Å². The Morgan fingerprint density at radius 1 is 1.24 bits per heavy atom. The van der Waals surface area contributed by atoms with E-state index >= 15 is 0 Å². The number of hydrogen-bond acceptors (Lipinski definition) is 6. The Morgan fingerprint density at radius 3 is 2.06 bits per heavy atom. The summed E-state index contributed by atoms with van der Waals surface area (Å²) in [5.41, 5.74) is 0. The number of carbonyl (C=O) groups excluding carboxylic acids is 1. The molecular formula is C10H16O7. The molecule has 0 radical (unpaired) electrons. The summed E-state index contributed by atoms with van der Waals surface area (Å²) in [6, 6.07) is 0. The molecule has 7 heteroatoms. The van der Waals surface area contributed by atoms with Crippen LogP contribution in [0.5, 0.6) is 0 Å². The van der Waals surface area contributed by atoms with Gasteiger partial charge in [-0.15, -0.1) is 0 Å². The van der Waals surface area contributed by atoms with E-state index in [9.17, 15) is 9.59 Å². The Kier molecular flexibility index (Phi) is 12.9. The summed E-state index contributed by atoms with van der Waals surface area (Å²) in [5, 5.41) is 32.1.